The SMILES string of the molecule is C=CCOC(=O)[C@@H]1[C@@H]2CCC3(O2)C(C(=O)N(CC=C)CCCCC)N([C@H](C)CO)C(=O)[C@H]13. The van der Waals surface area contributed by atoms with Gasteiger partial charge in [0, 0.05) is 13.1 Å². The van der Waals surface area contributed by atoms with Gasteiger partial charge in [0.25, 0.3) is 0 Å². The van der Waals surface area contributed by atoms with Crippen LogP contribution >= 0.6 is 0 Å². The zero-order chi connectivity index (χ0) is 23.5. The molecule has 1 N–H and O–H groups in total. The smallest absolute Gasteiger partial charge is 0.312 e. The summed E-state index contributed by atoms with van der Waals surface area (Å²) in [4.78, 5) is 43.5. The molecule has 32 heavy (non-hydrogen) atoms. The number of ether oxygens (including phenoxy) is 2. The Morgan fingerprint density at radius 3 is 2.75 bits per heavy atom. The van der Waals surface area contributed by atoms with Crippen LogP contribution in [0, 0.1) is 11.8 Å². The lowest BCUT2D eigenvalue weighted by molar-refractivity contribution is -0.155. The van der Waals surface area contributed by atoms with Crippen molar-refractivity contribution < 1.29 is 29.0 Å². The van der Waals surface area contributed by atoms with Gasteiger partial charge in [-0.05, 0) is 26.2 Å². The molecule has 2 unspecified atom stereocenters. The van der Waals surface area contributed by atoms with Gasteiger partial charge in [-0.2, -0.15) is 0 Å². The summed E-state index contributed by atoms with van der Waals surface area (Å²) in [5, 5.41) is 9.87. The van der Waals surface area contributed by atoms with Crippen molar-refractivity contribution in [3.8, 4) is 0 Å². The van der Waals surface area contributed by atoms with Crippen molar-refractivity contribution in [1.29, 1.82) is 0 Å². The first kappa shape index (κ1) is 24.5. The highest BCUT2D eigenvalue weighted by molar-refractivity contribution is 5.98. The van der Waals surface area contributed by atoms with Crippen LogP contribution in [-0.2, 0) is 23.9 Å². The van der Waals surface area contributed by atoms with Gasteiger partial charge >= 0.3 is 5.97 Å². The zero-order valence-electron chi connectivity index (χ0n) is 19.2. The van der Waals surface area contributed by atoms with Crippen molar-refractivity contribution in [3.63, 3.8) is 0 Å². The first-order valence-corrected chi connectivity index (χ1v) is 11.7. The molecule has 0 aliphatic carbocycles. The summed E-state index contributed by atoms with van der Waals surface area (Å²) in [5.74, 6) is -2.57. The molecule has 3 heterocycles. The van der Waals surface area contributed by atoms with Gasteiger partial charge in [0.15, 0.2) is 0 Å². The molecule has 3 fully saturated rings. The quantitative estimate of drug-likeness (QED) is 0.277. The highest BCUT2D eigenvalue weighted by atomic mass is 16.6. The van der Waals surface area contributed by atoms with E-state index in [1.54, 1.807) is 17.9 Å². The van der Waals surface area contributed by atoms with Crippen LogP contribution in [0.15, 0.2) is 25.3 Å². The number of rotatable bonds is 12. The average Bonchev–Trinajstić information content (AvgIpc) is 3.43. The number of carbonyl (C=O) groups is 3. The summed E-state index contributed by atoms with van der Waals surface area (Å²) in [6, 6.07) is -1.46. The van der Waals surface area contributed by atoms with E-state index < -0.39 is 41.6 Å². The predicted octanol–water partition coefficient (Wildman–Crippen LogP) is 1.68. The largest absolute Gasteiger partial charge is 0.461 e. The Balaban J connectivity index is 1.97. The molecule has 3 aliphatic heterocycles. The second-order valence-electron chi connectivity index (χ2n) is 9.03. The van der Waals surface area contributed by atoms with Crippen LogP contribution in [0.4, 0.5) is 0 Å². The van der Waals surface area contributed by atoms with Crippen molar-refractivity contribution in [2.45, 2.75) is 69.7 Å². The molecule has 0 aromatic rings. The zero-order valence-corrected chi connectivity index (χ0v) is 19.2. The fraction of sp³-hybridized carbons (Fsp3) is 0.708. The van der Waals surface area contributed by atoms with E-state index in [2.05, 4.69) is 20.1 Å². The Morgan fingerprint density at radius 1 is 1.38 bits per heavy atom. The normalized spacial score (nSPS) is 31.3. The Morgan fingerprint density at radius 2 is 2.12 bits per heavy atom. The first-order chi connectivity index (χ1) is 15.4. The second-order valence-corrected chi connectivity index (χ2v) is 9.03. The Hall–Kier alpha value is -2.19. The Bertz CT molecular complexity index is 755. The molecule has 1 spiro atoms. The summed E-state index contributed by atoms with van der Waals surface area (Å²) >= 11 is 0. The highest BCUT2D eigenvalue weighted by Gasteiger charge is 2.75. The van der Waals surface area contributed by atoms with Crippen LogP contribution in [-0.4, -0.2) is 82.8 Å². The third kappa shape index (κ3) is 3.99. The maximum atomic E-state index is 13.9. The minimum Gasteiger partial charge on any atom is -0.461 e. The standard InChI is InChI=1S/C24H36N2O6/c1-5-8-9-13-25(12-6-2)22(29)20-24-11-10-17(32-24)18(23(30)31-14-7-3)19(24)21(28)26(20)16(4)15-27/h6-7,16-20,27H,2-3,5,8-15H2,1,4H3/t16-,17+,18-,19+,20?,24?/m1/s1. The Kier molecular flexibility index (Phi) is 7.77. The van der Waals surface area contributed by atoms with E-state index in [-0.39, 0.29) is 25.0 Å². The summed E-state index contributed by atoms with van der Waals surface area (Å²) in [5.41, 5.74) is -1.08. The number of aliphatic hydroxyl groups excluding tert-OH is 1. The van der Waals surface area contributed by atoms with E-state index in [1.165, 1.54) is 11.0 Å². The number of hydrogen-bond acceptors (Lipinski definition) is 6. The van der Waals surface area contributed by atoms with Crippen molar-refractivity contribution in [2.75, 3.05) is 26.3 Å². The molecule has 0 radical (unpaired) electrons. The van der Waals surface area contributed by atoms with Gasteiger partial charge in [-0.3, -0.25) is 14.4 Å². The van der Waals surface area contributed by atoms with Gasteiger partial charge < -0.3 is 24.4 Å². The van der Waals surface area contributed by atoms with Crippen LogP contribution in [0.2, 0.25) is 0 Å². The maximum Gasteiger partial charge on any atom is 0.312 e. The molecule has 0 aromatic carbocycles. The summed E-state index contributed by atoms with van der Waals surface area (Å²) in [6.45, 7) is 11.8. The van der Waals surface area contributed by atoms with E-state index in [0.717, 1.165) is 19.3 Å². The topological polar surface area (TPSA) is 96.4 Å². The molecule has 0 aromatic heterocycles. The number of amides is 2. The fourth-order valence-corrected chi connectivity index (χ4v) is 5.61. The number of unbranched alkanes of at least 4 members (excludes halogenated alkanes) is 2. The Labute approximate surface area is 190 Å². The molecular formula is C24H36N2O6. The number of carbonyl (C=O) groups excluding carboxylic acids is 3. The molecule has 8 heteroatoms. The number of nitrogens with zero attached hydrogens (tertiary/aromatic N) is 2. The molecule has 3 rings (SSSR count). The maximum absolute atomic E-state index is 13.9. The average molecular weight is 449 g/mol. The minimum atomic E-state index is -1.08. The van der Waals surface area contributed by atoms with Gasteiger partial charge in [-0.1, -0.05) is 38.5 Å². The molecule has 3 saturated heterocycles. The molecular weight excluding hydrogens is 412 g/mol. The van der Waals surface area contributed by atoms with Gasteiger partial charge in [0.05, 0.1) is 30.6 Å². The number of aliphatic hydroxyl groups is 1. The van der Waals surface area contributed by atoms with E-state index in [9.17, 15) is 19.5 Å². The molecule has 178 valence electrons. The monoisotopic (exact) mass is 448 g/mol. The van der Waals surface area contributed by atoms with Crippen molar-refractivity contribution >= 4 is 17.8 Å². The van der Waals surface area contributed by atoms with Crippen LogP contribution in [0.5, 0.6) is 0 Å². The summed E-state index contributed by atoms with van der Waals surface area (Å²) in [7, 11) is 0. The third-order valence-corrected chi connectivity index (χ3v) is 7.02. The predicted molar refractivity (Wildman–Crippen MR) is 118 cm³/mol. The van der Waals surface area contributed by atoms with Crippen LogP contribution in [0.25, 0.3) is 0 Å². The van der Waals surface area contributed by atoms with E-state index in [0.29, 0.717) is 25.9 Å². The summed E-state index contributed by atoms with van der Waals surface area (Å²) in [6.07, 6.45) is 6.67. The van der Waals surface area contributed by atoms with Crippen molar-refractivity contribution in [3.05, 3.63) is 25.3 Å². The van der Waals surface area contributed by atoms with E-state index in [1.807, 2.05) is 0 Å². The summed E-state index contributed by atoms with van der Waals surface area (Å²) < 4.78 is 11.6. The van der Waals surface area contributed by atoms with E-state index in [4.69, 9.17) is 9.47 Å². The van der Waals surface area contributed by atoms with Gasteiger partial charge in [-0.15, -0.1) is 6.58 Å². The molecule has 6 atom stereocenters. The van der Waals surface area contributed by atoms with Gasteiger partial charge in [0.1, 0.15) is 18.2 Å². The lowest BCUT2D eigenvalue weighted by Gasteiger charge is -2.38. The minimum absolute atomic E-state index is 0.0552. The molecule has 8 nitrogen and oxygen atoms in total. The van der Waals surface area contributed by atoms with Crippen molar-refractivity contribution in [1.82, 2.24) is 9.80 Å². The van der Waals surface area contributed by atoms with Gasteiger partial charge in [0.2, 0.25) is 11.8 Å². The third-order valence-electron chi connectivity index (χ3n) is 7.02. The first-order valence-electron chi connectivity index (χ1n) is 11.7. The second kappa shape index (κ2) is 10.2. The van der Waals surface area contributed by atoms with Crippen LogP contribution in [0.1, 0.15) is 46.0 Å². The lowest BCUT2D eigenvalue weighted by Crippen LogP contribution is -2.58. The lowest BCUT2D eigenvalue weighted by atomic mass is 9.70. The number of likely N-dealkylation sites (tertiary alicyclic amines) is 1. The number of fused-ring (bicyclic) bond motifs is 1. The van der Waals surface area contributed by atoms with Crippen LogP contribution < -0.4 is 0 Å². The molecule has 2 bridgehead atoms. The van der Waals surface area contributed by atoms with Crippen molar-refractivity contribution in [2.24, 2.45) is 11.8 Å². The highest BCUT2D eigenvalue weighted by Crippen LogP contribution is 2.59. The van der Waals surface area contributed by atoms with Crippen LogP contribution in [0.3, 0.4) is 0 Å². The van der Waals surface area contributed by atoms with E-state index >= 15 is 0 Å². The number of hydrogen-bond donors (Lipinski definition) is 1. The fourth-order valence-electron chi connectivity index (χ4n) is 5.61. The molecule has 2 amide bonds. The molecule has 3 aliphatic rings. The number of esters is 1. The molecule has 0 saturated carbocycles. The van der Waals surface area contributed by atoms with Gasteiger partial charge in [-0.25, -0.2) is 0 Å².